The number of sulfonamides is 1. The Bertz CT molecular complexity index is 728. The van der Waals surface area contributed by atoms with Crippen molar-refractivity contribution in [3.05, 3.63) is 29.8 Å². The summed E-state index contributed by atoms with van der Waals surface area (Å²) in [6, 6.07) is 7.32. The van der Waals surface area contributed by atoms with Crippen molar-refractivity contribution in [3.63, 3.8) is 0 Å². The summed E-state index contributed by atoms with van der Waals surface area (Å²) in [5.41, 5.74) is 0.162. The molecule has 0 aromatic heterocycles. The molecule has 1 atom stereocenters. The predicted molar refractivity (Wildman–Crippen MR) is 129 cm³/mol. The number of guanidine groups is 1. The van der Waals surface area contributed by atoms with Crippen LogP contribution in [0.5, 0.6) is 0 Å². The van der Waals surface area contributed by atoms with E-state index in [0.717, 1.165) is 12.8 Å². The number of aliphatic imine (C=N–C) groups is 1. The number of rotatable bonds is 8. The number of hydrogen-bond donors (Lipinski definition) is 3. The van der Waals surface area contributed by atoms with Crippen LogP contribution in [0, 0.1) is 5.92 Å². The van der Waals surface area contributed by atoms with Crippen molar-refractivity contribution < 1.29 is 8.42 Å². The number of nitrogens with one attached hydrogen (secondary N) is 3. The molecule has 0 saturated carbocycles. The molecule has 0 aliphatic rings. The summed E-state index contributed by atoms with van der Waals surface area (Å²) in [5.74, 6) is 1.33. The molecule has 1 rings (SSSR count). The summed E-state index contributed by atoms with van der Waals surface area (Å²) >= 11 is 0. The summed E-state index contributed by atoms with van der Waals surface area (Å²) in [6.45, 7) is 12.4. The minimum Gasteiger partial charge on any atom is -0.354 e. The smallest absolute Gasteiger partial charge is 0.241 e. The Morgan fingerprint density at radius 1 is 1.11 bits per heavy atom. The van der Waals surface area contributed by atoms with Gasteiger partial charge in [-0.2, -0.15) is 0 Å². The first-order chi connectivity index (χ1) is 12.4. The Balaban J connectivity index is 0.00000729. The van der Waals surface area contributed by atoms with Gasteiger partial charge in [-0.25, -0.2) is 13.1 Å². The molecule has 162 valence electrons. The molecule has 1 unspecified atom stereocenters. The first kappa shape index (κ1) is 27.1. The van der Waals surface area contributed by atoms with E-state index in [4.69, 9.17) is 0 Å². The van der Waals surface area contributed by atoms with Gasteiger partial charge in [-0.15, -0.1) is 24.0 Å². The van der Waals surface area contributed by atoms with E-state index in [9.17, 15) is 8.42 Å². The first-order valence-corrected chi connectivity index (χ1v) is 11.0. The van der Waals surface area contributed by atoms with Gasteiger partial charge in [-0.05, 0) is 58.1 Å². The first-order valence-electron chi connectivity index (χ1n) is 9.53. The quantitative estimate of drug-likeness (QED) is 0.274. The van der Waals surface area contributed by atoms with Gasteiger partial charge in [-0.1, -0.05) is 32.0 Å². The lowest BCUT2D eigenvalue weighted by Crippen LogP contribution is -2.43. The van der Waals surface area contributed by atoms with Gasteiger partial charge in [0.1, 0.15) is 0 Å². The van der Waals surface area contributed by atoms with Gasteiger partial charge in [0.05, 0.1) is 4.90 Å². The summed E-state index contributed by atoms with van der Waals surface area (Å²) in [6.07, 6.45) is 2.20. The van der Waals surface area contributed by atoms with E-state index < -0.39 is 15.6 Å². The molecule has 6 nitrogen and oxygen atoms in total. The molecule has 0 spiro atoms. The maximum Gasteiger partial charge on any atom is 0.241 e. The normalized spacial score (nSPS) is 13.8. The highest BCUT2D eigenvalue weighted by atomic mass is 127. The monoisotopic (exact) mass is 524 g/mol. The van der Waals surface area contributed by atoms with Crippen LogP contribution in [0.2, 0.25) is 0 Å². The highest BCUT2D eigenvalue weighted by Crippen LogP contribution is 2.17. The van der Waals surface area contributed by atoms with E-state index in [2.05, 4.69) is 41.1 Å². The SMILES string of the molecule is CN=C(NCc1ccccc1S(=O)(=O)NC(C)(C)C)NC(C)CCC(C)C.I. The van der Waals surface area contributed by atoms with Gasteiger partial charge in [-0.3, -0.25) is 4.99 Å². The molecule has 1 aromatic rings. The maximum atomic E-state index is 12.7. The van der Waals surface area contributed by atoms with Crippen molar-refractivity contribution in [2.24, 2.45) is 10.9 Å². The number of benzene rings is 1. The standard InChI is InChI=1S/C20H36N4O2S.HI/c1-15(2)12-13-16(3)23-19(21-7)22-14-17-10-8-9-11-18(17)27(25,26)24-20(4,5)6;/h8-11,15-16,24H,12-14H2,1-7H3,(H2,21,22,23);1H. The fourth-order valence-electron chi connectivity index (χ4n) is 2.63. The van der Waals surface area contributed by atoms with E-state index in [-0.39, 0.29) is 28.9 Å². The summed E-state index contributed by atoms with van der Waals surface area (Å²) in [5, 5.41) is 6.59. The second kappa shape index (κ2) is 12.0. The molecule has 8 heteroatoms. The van der Waals surface area contributed by atoms with Crippen molar-refractivity contribution >= 4 is 40.0 Å². The lowest BCUT2D eigenvalue weighted by molar-refractivity contribution is 0.488. The second-order valence-electron chi connectivity index (χ2n) is 8.41. The molecule has 0 saturated heterocycles. The average molecular weight is 525 g/mol. The molecule has 0 heterocycles. The van der Waals surface area contributed by atoms with Gasteiger partial charge in [0.15, 0.2) is 5.96 Å². The molecule has 0 fully saturated rings. The van der Waals surface area contributed by atoms with Crippen molar-refractivity contribution in [2.45, 2.75) is 77.4 Å². The molecule has 0 aliphatic heterocycles. The van der Waals surface area contributed by atoms with E-state index in [1.54, 1.807) is 19.2 Å². The van der Waals surface area contributed by atoms with Crippen LogP contribution in [-0.2, 0) is 16.6 Å². The van der Waals surface area contributed by atoms with Crippen molar-refractivity contribution in [2.75, 3.05) is 7.05 Å². The Kier molecular flexibility index (Phi) is 11.6. The Morgan fingerprint density at radius 3 is 2.25 bits per heavy atom. The Labute approximate surface area is 188 Å². The minimum atomic E-state index is -3.59. The van der Waals surface area contributed by atoms with E-state index >= 15 is 0 Å². The van der Waals surface area contributed by atoms with Crippen LogP contribution in [0.25, 0.3) is 0 Å². The largest absolute Gasteiger partial charge is 0.354 e. The van der Waals surface area contributed by atoms with Gasteiger partial charge in [0.25, 0.3) is 0 Å². The van der Waals surface area contributed by atoms with Crippen LogP contribution in [0.1, 0.15) is 59.9 Å². The molecule has 0 bridgehead atoms. The van der Waals surface area contributed by atoms with Gasteiger partial charge < -0.3 is 10.6 Å². The molecular formula is C20H37IN4O2S. The Hall–Kier alpha value is -0.870. The number of halogens is 1. The Morgan fingerprint density at radius 2 is 1.71 bits per heavy atom. The molecule has 3 N–H and O–H groups in total. The van der Waals surface area contributed by atoms with Crippen LogP contribution >= 0.6 is 24.0 Å². The summed E-state index contributed by atoms with van der Waals surface area (Å²) in [4.78, 5) is 4.54. The van der Waals surface area contributed by atoms with Gasteiger partial charge >= 0.3 is 0 Å². The predicted octanol–water partition coefficient (Wildman–Crippen LogP) is 3.87. The lowest BCUT2D eigenvalue weighted by atomic mass is 10.0. The molecule has 0 aliphatic carbocycles. The van der Waals surface area contributed by atoms with Gasteiger partial charge in [0.2, 0.25) is 10.0 Å². The van der Waals surface area contributed by atoms with Crippen molar-refractivity contribution in [1.29, 1.82) is 0 Å². The van der Waals surface area contributed by atoms with Crippen molar-refractivity contribution in [3.8, 4) is 0 Å². The maximum absolute atomic E-state index is 12.7. The topological polar surface area (TPSA) is 82.6 Å². The van der Waals surface area contributed by atoms with Crippen LogP contribution in [0.3, 0.4) is 0 Å². The number of hydrogen-bond acceptors (Lipinski definition) is 3. The highest BCUT2D eigenvalue weighted by Gasteiger charge is 2.24. The molecule has 0 radical (unpaired) electrons. The molecule has 28 heavy (non-hydrogen) atoms. The van der Waals surface area contributed by atoms with Crippen LogP contribution < -0.4 is 15.4 Å². The third-order valence-electron chi connectivity index (χ3n) is 3.93. The average Bonchev–Trinajstić information content (AvgIpc) is 2.54. The van der Waals surface area contributed by atoms with Crippen LogP contribution in [-0.4, -0.2) is 33.0 Å². The van der Waals surface area contributed by atoms with E-state index in [1.807, 2.05) is 32.9 Å². The van der Waals surface area contributed by atoms with Crippen molar-refractivity contribution in [1.82, 2.24) is 15.4 Å². The highest BCUT2D eigenvalue weighted by molar-refractivity contribution is 14.0. The third-order valence-corrected chi connectivity index (χ3v) is 5.79. The minimum absolute atomic E-state index is 0. The fraction of sp³-hybridized carbons (Fsp3) is 0.650. The molecule has 0 amide bonds. The molecular weight excluding hydrogens is 487 g/mol. The van der Waals surface area contributed by atoms with Crippen LogP contribution in [0.4, 0.5) is 0 Å². The zero-order valence-corrected chi connectivity index (χ0v) is 21.3. The lowest BCUT2D eigenvalue weighted by Gasteiger charge is -2.22. The van der Waals surface area contributed by atoms with E-state index in [0.29, 0.717) is 30.0 Å². The van der Waals surface area contributed by atoms with Crippen LogP contribution in [0.15, 0.2) is 34.2 Å². The fourth-order valence-corrected chi connectivity index (χ4v) is 4.29. The number of nitrogens with zero attached hydrogens (tertiary/aromatic N) is 1. The van der Waals surface area contributed by atoms with E-state index in [1.165, 1.54) is 0 Å². The summed E-state index contributed by atoms with van der Waals surface area (Å²) < 4.78 is 28.2. The second-order valence-corrected chi connectivity index (χ2v) is 10.1. The zero-order valence-electron chi connectivity index (χ0n) is 18.2. The summed E-state index contributed by atoms with van der Waals surface area (Å²) in [7, 11) is -1.88. The zero-order chi connectivity index (χ0) is 20.7. The molecule has 1 aromatic carbocycles. The third kappa shape index (κ3) is 10.1. The van der Waals surface area contributed by atoms with Gasteiger partial charge in [0, 0.05) is 25.2 Å².